The Balaban J connectivity index is 2.99. The normalized spacial score (nSPS) is 13.1. The first-order chi connectivity index (χ1) is 8.58. The molecule has 0 aliphatic rings. The number of hydrogen-bond acceptors (Lipinski definition) is 6. The Morgan fingerprint density at radius 3 is 2.37 bits per heavy atom. The predicted octanol–water partition coefficient (Wildman–Crippen LogP) is 0.634. The van der Waals surface area contributed by atoms with E-state index in [2.05, 4.69) is 15.9 Å². The molecule has 0 aliphatic heterocycles. The van der Waals surface area contributed by atoms with E-state index in [1.165, 1.54) is 24.5 Å². The highest BCUT2D eigenvalue weighted by Crippen LogP contribution is 2.32. The first-order valence-electron chi connectivity index (χ1n) is 5.20. The lowest BCUT2D eigenvalue weighted by atomic mass is 10.5. The number of nitrogens with two attached hydrogens (primary N) is 1. The summed E-state index contributed by atoms with van der Waals surface area (Å²) in [5, 5.41) is 0. The van der Waals surface area contributed by atoms with Gasteiger partial charge in [0.2, 0.25) is 10.0 Å². The maximum Gasteiger partial charge on any atom is 0.244 e. The van der Waals surface area contributed by atoms with Crippen LogP contribution in [-0.2, 0) is 26.4 Å². The quantitative estimate of drug-likeness (QED) is 0.767. The van der Waals surface area contributed by atoms with Gasteiger partial charge in [0.1, 0.15) is 14.7 Å². The second kappa shape index (κ2) is 6.19. The Morgan fingerprint density at radius 2 is 1.95 bits per heavy atom. The van der Waals surface area contributed by atoms with Gasteiger partial charge in [0.25, 0.3) is 0 Å². The first-order valence-corrected chi connectivity index (χ1v) is 10.3. The summed E-state index contributed by atoms with van der Waals surface area (Å²) in [6.07, 6.45) is 1.07. The second-order valence-corrected chi connectivity index (χ2v) is 10.7. The molecule has 0 spiro atoms. The smallest absolute Gasteiger partial charge is 0.244 e. The molecule has 10 heteroatoms. The fraction of sp³-hybridized carbons (Fsp3) is 0.556. The van der Waals surface area contributed by atoms with Gasteiger partial charge in [-0.15, -0.1) is 11.3 Å². The molecule has 0 unspecified atom stereocenters. The zero-order valence-electron chi connectivity index (χ0n) is 10.5. The predicted molar refractivity (Wildman–Crippen MR) is 79.4 cm³/mol. The molecule has 6 nitrogen and oxygen atoms in total. The van der Waals surface area contributed by atoms with E-state index in [1.54, 1.807) is 0 Å². The van der Waals surface area contributed by atoms with E-state index in [1.807, 2.05) is 0 Å². The molecule has 0 aromatic carbocycles. The molecule has 0 atom stereocenters. The lowest BCUT2D eigenvalue weighted by molar-refractivity contribution is 0.484. The van der Waals surface area contributed by atoms with E-state index in [9.17, 15) is 16.8 Å². The molecule has 0 amide bonds. The topological polar surface area (TPSA) is 97.5 Å². The van der Waals surface area contributed by atoms with Gasteiger partial charge in [-0.05, 0) is 22.0 Å². The standard InChI is InChI=1S/C9H15BrN2O4S3/c1-12(3-4-18(2,13)14)19(15,16)8-5-7(6-11)17-9(8)10/h5H,3-4,6,11H2,1-2H3. The van der Waals surface area contributed by atoms with Crippen molar-refractivity contribution in [3.63, 3.8) is 0 Å². The minimum atomic E-state index is -3.70. The molecule has 0 saturated carbocycles. The highest BCUT2D eigenvalue weighted by atomic mass is 79.9. The third-order valence-electron chi connectivity index (χ3n) is 2.37. The molecule has 1 aromatic rings. The van der Waals surface area contributed by atoms with Gasteiger partial charge < -0.3 is 5.73 Å². The van der Waals surface area contributed by atoms with Crippen LogP contribution in [0.5, 0.6) is 0 Å². The van der Waals surface area contributed by atoms with Crippen molar-refractivity contribution < 1.29 is 16.8 Å². The molecule has 0 radical (unpaired) electrons. The molecule has 0 aliphatic carbocycles. The maximum atomic E-state index is 12.3. The van der Waals surface area contributed by atoms with E-state index in [-0.39, 0.29) is 23.7 Å². The van der Waals surface area contributed by atoms with Crippen LogP contribution in [0.25, 0.3) is 0 Å². The second-order valence-electron chi connectivity index (χ2n) is 4.01. The van der Waals surface area contributed by atoms with E-state index < -0.39 is 19.9 Å². The summed E-state index contributed by atoms with van der Waals surface area (Å²) in [5.41, 5.74) is 5.47. The van der Waals surface area contributed by atoms with Crippen LogP contribution < -0.4 is 5.73 Å². The third-order valence-corrected chi connectivity index (χ3v) is 7.43. The van der Waals surface area contributed by atoms with Gasteiger partial charge in [-0.3, -0.25) is 0 Å². The van der Waals surface area contributed by atoms with Gasteiger partial charge in [-0.1, -0.05) is 0 Å². The highest BCUT2D eigenvalue weighted by molar-refractivity contribution is 9.11. The van der Waals surface area contributed by atoms with Crippen molar-refractivity contribution in [2.24, 2.45) is 5.73 Å². The van der Waals surface area contributed by atoms with Crippen molar-refractivity contribution in [2.75, 3.05) is 25.6 Å². The van der Waals surface area contributed by atoms with E-state index >= 15 is 0 Å². The zero-order chi connectivity index (χ0) is 14.8. The maximum absolute atomic E-state index is 12.3. The highest BCUT2D eigenvalue weighted by Gasteiger charge is 2.26. The van der Waals surface area contributed by atoms with Crippen LogP contribution in [0.1, 0.15) is 4.88 Å². The average molecular weight is 391 g/mol. The van der Waals surface area contributed by atoms with E-state index in [4.69, 9.17) is 5.73 Å². The van der Waals surface area contributed by atoms with Gasteiger partial charge in [-0.25, -0.2) is 16.8 Å². The fourth-order valence-electron chi connectivity index (χ4n) is 1.26. The first kappa shape index (κ1) is 17.1. The Morgan fingerprint density at radius 1 is 1.37 bits per heavy atom. The molecule has 110 valence electrons. The van der Waals surface area contributed by atoms with Gasteiger partial charge in [0.15, 0.2) is 0 Å². The molecule has 1 aromatic heterocycles. The van der Waals surface area contributed by atoms with Crippen LogP contribution >= 0.6 is 27.3 Å². The molecule has 1 heterocycles. The lowest BCUT2D eigenvalue weighted by Crippen LogP contribution is -2.31. The summed E-state index contributed by atoms with van der Waals surface area (Å²) in [5.74, 6) is -0.214. The Bertz CT molecular complexity index is 651. The zero-order valence-corrected chi connectivity index (χ0v) is 14.5. The van der Waals surface area contributed by atoms with Crippen molar-refractivity contribution >= 4 is 47.1 Å². The SMILES string of the molecule is CN(CCS(C)(=O)=O)S(=O)(=O)c1cc(CN)sc1Br. The van der Waals surface area contributed by atoms with Crippen molar-refractivity contribution in [3.05, 3.63) is 14.7 Å². The molecular weight excluding hydrogens is 376 g/mol. The number of halogens is 1. The van der Waals surface area contributed by atoms with Crippen LogP contribution in [0.4, 0.5) is 0 Å². The number of sulfone groups is 1. The summed E-state index contributed by atoms with van der Waals surface area (Å²) >= 11 is 4.44. The Hall–Kier alpha value is -0.000000000000000111. The Labute approximate surface area is 125 Å². The molecule has 0 saturated heterocycles. The molecule has 2 N–H and O–H groups in total. The summed E-state index contributed by atoms with van der Waals surface area (Å²) in [6, 6.07) is 1.50. The van der Waals surface area contributed by atoms with Crippen molar-refractivity contribution in [3.8, 4) is 0 Å². The monoisotopic (exact) mass is 390 g/mol. The van der Waals surface area contributed by atoms with Crippen molar-refractivity contribution in [1.29, 1.82) is 0 Å². The van der Waals surface area contributed by atoms with Crippen LogP contribution in [0.2, 0.25) is 0 Å². The molecule has 1 rings (SSSR count). The summed E-state index contributed by atoms with van der Waals surface area (Å²) < 4.78 is 48.2. The molecular formula is C9H15BrN2O4S3. The number of nitrogens with zero attached hydrogens (tertiary/aromatic N) is 1. The van der Waals surface area contributed by atoms with E-state index in [0.717, 1.165) is 15.4 Å². The van der Waals surface area contributed by atoms with Crippen LogP contribution in [0.3, 0.4) is 0 Å². The Kier molecular flexibility index (Phi) is 5.55. The van der Waals surface area contributed by atoms with Gasteiger partial charge in [-0.2, -0.15) is 4.31 Å². The minimum Gasteiger partial charge on any atom is -0.326 e. The van der Waals surface area contributed by atoms with Crippen molar-refractivity contribution in [1.82, 2.24) is 4.31 Å². The number of thiophene rings is 1. The number of rotatable bonds is 6. The molecule has 0 fully saturated rings. The van der Waals surface area contributed by atoms with Crippen LogP contribution in [-0.4, -0.2) is 46.7 Å². The van der Waals surface area contributed by atoms with E-state index in [0.29, 0.717) is 3.79 Å². The van der Waals surface area contributed by atoms with Crippen LogP contribution in [0, 0.1) is 0 Å². The number of sulfonamides is 1. The largest absolute Gasteiger partial charge is 0.326 e. The van der Waals surface area contributed by atoms with Crippen molar-refractivity contribution in [2.45, 2.75) is 11.4 Å². The number of hydrogen-bond donors (Lipinski definition) is 1. The summed E-state index contributed by atoms with van der Waals surface area (Å²) in [4.78, 5) is 0.857. The summed E-state index contributed by atoms with van der Waals surface area (Å²) in [6.45, 7) is 0.174. The van der Waals surface area contributed by atoms with Gasteiger partial charge in [0, 0.05) is 31.3 Å². The minimum absolute atomic E-state index is 0.0819. The van der Waals surface area contributed by atoms with Gasteiger partial charge in [0.05, 0.1) is 9.54 Å². The van der Waals surface area contributed by atoms with Gasteiger partial charge >= 0.3 is 0 Å². The lowest BCUT2D eigenvalue weighted by Gasteiger charge is -2.16. The summed E-state index contributed by atoms with van der Waals surface area (Å²) in [7, 11) is -5.56. The molecule has 19 heavy (non-hydrogen) atoms. The molecule has 0 bridgehead atoms. The average Bonchev–Trinajstić information content (AvgIpc) is 2.67. The van der Waals surface area contributed by atoms with Crippen LogP contribution in [0.15, 0.2) is 14.7 Å². The fourth-order valence-corrected chi connectivity index (χ4v) is 5.66. The third kappa shape index (κ3) is 4.50.